The van der Waals surface area contributed by atoms with Crippen LogP contribution in [0.2, 0.25) is 0 Å². The number of para-hydroxylation sites is 1. The van der Waals surface area contributed by atoms with Crippen molar-refractivity contribution in [2.75, 3.05) is 12.4 Å². The molecule has 0 radical (unpaired) electrons. The van der Waals surface area contributed by atoms with E-state index in [0.29, 0.717) is 33.3 Å². The van der Waals surface area contributed by atoms with E-state index in [-0.39, 0.29) is 5.56 Å². The number of nitrogens with zero attached hydrogens (tertiary/aromatic N) is 1. The first-order chi connectivity index (χ1) is 12.7. The second kappa shape index (κ2) is 6.33. The lowest BCUT2D eigenvalue weighted by atomic mass is 10.1. The van der Waals surface area contributed by atoms with Crippen LogP contribution in [0, 0.1) is 0 Å². The van der Waals surface area contributed by atoms with Gasteiger partial charge in [-0.05, 0) is 36.4 Å². The van der Waals surface area contributed by atoms with Crippen LogP contribution in [-0.4, -0.2) is 18.0 Å². The number of fused-ring (bicyclic) bond motifs is 2. The van der Waals surface area contributed by atoms with Gasteiger partial charge in [-0.25, -0.2) is 4.79 Å². The molecule has 2 aromatic heterocycles. The van der Waals surface area contributed by atoms with Gasteiger partial charge >= 0.3 is 5.63 Å². The molecule has 0 aliphatic rings. The largest absolute Gasteiger partial charge is 0.494 e. The SMILES string of the molecule is COc1ccc(NC(=O)c2cc3ccccc3oc2=O)c2cccnc12. The van der Waals surface area contributed by atoms with Gasteiger partial charge in [0, 0.05) is 17.0 Å². The number of hydrogen-bond acceptors (Lipinski definition) is 5. The second-order valence-corrected chi connectivity index (χ2v) is 5.65. The molecule has 0 spiro atoms. The van der Waals surface area contributed by atoms with Crippen molar-refractivity contribution < 1.29 is 13.9 Å². The van der Waals surface area contributed by atoms with Crippen molar-refractivity contribution in [3.05, 3.63) is 76.8 Å². The Bertz CT molecular complexity index is 1200. The van der Waals surface area contributed by atoms with Gasteiger partial charge in [0.2, 0.25) is 0 Å². The molecule has 1 amide bonds. The highest BCUT2D eigenvalue weighted by atomic mass is 16.5. The molecule has 0 aliphatic carbocycles. The fourth-order valence-electron chi connectivity index (χ4n) is 2.83. The topological polar surface area (TPSA) is 81.4 Å². The number of amides is 1. The van der Waals surface area contributed by atoms with Crippen LogP contribution in [0.4, 0.5) is 5.69 Å². The predicted octanol–water partition coefficient (Wildman–Crippen LogP) is 3.60. The Morgan fingerprint density at radius 1 is 1.12 bits per heavy atom. The van der Waals surface area contributed by atoms with E-state index in [1.54, 1.807) is 49.7 Å². The number of anilines is 1. The van der Waals surface area contributed by atoms with Crippen molar-refractivity contribution in [2.24, 2.45) is 0 Å². The summed E-state index contributed by atoms with van der Waals surface area (Å²) in [6.45, 7) is 0. The fourth-order valence-corrected chi connectivity index (χ4v) is 2.83. The number of benzene rings is 2. The zero-order valence-electron chi connectivity index (χ0n) is 13.9. The van der Waals surface area contributed by atoms with Gasteiger partial charge in [-0.2, -0.15) is 0 Å². The lowest BCUT2D eigenvalue weighted by Crippen LogP contribution is -2.20. The third-order valence-electron chi connectivity index (χ3n) is 4.09. The molecule has 2 aromatic carbocycles. The first-order valence-electron chi connectivity index (χ1n) is 7.93. The molecule has 4 rings (SSSR count). The normalized spacial score (nSPS) is 10.8. The van der Waals surface area contributed by atoms with Gasteiger partial charge < -0.3 is 14.5 Å². The Balaban J connectivity index is 1.77. The van der Waals surface area contributed by atoms with Gasteiger partial charge in [-0.3, -0.25) is 9.78 Å². The molecule has 26 heavy (non-hydrogen) atoms. The molecule has 6 heteroatoms. The number of aromatic nitrogens is 1. The van der Waals surface area contributed by atoms with Crippen LogP contribution in [0.25, 0.3) is 21.9 Å². The van der Waals surface area contributed by atoms with Crippen molar-refractivity contribution in [1.29, 1.82) is 0 Å². The van der Waals surface area contributed by atoms with Crippen LogP contribution in [0.1, 0.15) is 10.4 Å². The highest BCUT2D eigenvalue weighted by molar-refractivity contribution is 6.10. The average Bonchev–Trinajstić information content (AvgIpc) is 2.67. The maximum atomic E-state index is 12.7. The number of ether oxygens (including phenoxy) is 1. The highest BCUT2D eigenvalue weighted by Crippen LogP contribution is 2.30. The first kappa shape index (κ1) is 15.8. The highest BCUT2D eigenvalue weighted by Gasteiger charge is 2.16. The minimum Gasteiger partial charge on any atom is -0.494 e. The molecule has 0 atom stereocenters. The van der Waals surface area contributed by atoms with Crippen molar-refractivity contribution in [2.45, 2.75) is 0 Å². The minimum absolute atomic E-state index is 0.0587. The van der Waals surface area contributed by atoms with E-state index in [1.807, 2.05) is 12.1 Å². The standard InChI is InChI=1S/C20H14N2O4/c1-25-17-9-8-15(13-6-4-10-21-18(13)17)22-19(23)14-11-12-5-2-3-7-16(12)26-20(14)24/h2-11H,1H3,(H,22,23). The first-order valence-corrected chi connectivity index (χ1v) is 7.93. The molecular weight excluding hydrogens is 332 g/mol. The minimum atomic E-state index is -0.683. The molecule has 6 nitrogen and oxygen atoms in total. The van der Waals surface area contributed by atoms with E-state index in [1.165, 1.54) is 6.07 Å². The summed E-state index contributed by atoms with van der Waals surface area (Å²) in [5, 5.41) is 4.16. The Morgan fingerprint density at radius 2 is 1.96 bits per heavy atom. The summed E-state index contributed by atoms with van der Waals surface area (Å²) in [5.41, 5.74) is 0.853. The lowest BCUT2D eigenvalue weighted by Gasteiger charge is -2.10. The number of carbonyl (C=O) groups excluding carboxylic acids is 1. The van der Waals surface area contributed by atoms with Gasteiger partial charge in [0.1, 0.15) is 22.4 Å². The summed E-state index contributed by atoms with van der Waals surface area (Å²) in [6.07, 6.45) is 1.65. The van der Waals surface area contributed by atoms with E-state index in [0.717, 1.165) is 0 Å². The van der Waals surface area contributed by atoms with Gasteiger partial charge in [0.15, 0.2) is 0 Å². The molecular formula is C20H14N2O4. The average molecular weight is 346 g/mol. The molecule has 1 N–H and O–H groups in total. The molecule has 0 saturated heterocycles. The molecule has 0 aliphatic heterocycles. The van der Waals surface area contributed by atoms with E-state index in [2.05, 4.69) is 10.3 Å². The van der Waals surface area contributed by atoms with Gasteiger partial charge in [0.25, 0.3) is 5.91 Å². The van der Waals surface area contributed by atoms with E-state index >= 15 is 0 Å². The van der Waals surface area contributed by atoms with Crippen molar-refractivity contribution in [3.63, 3.8) is 0 Å². The third-order valence-corrected chi connectivity index (χ3v) is 4.09. The predicted molar refractivity (Wildman–Crippen MR) is 98.7 cm³/mol. The number of hydrogen-bond donors (Lipinski definition) is 1. The summed E-state index contributed by atoms with van der Waals surface area (Å²) in [4.78, 5) is 29.1. The summed E-state index contributed by atoms with van der Waals surface area (Å²) in [7, 11) is 1.56. The lowest BCUT2D eigenvalue weighted by molar-refractivity contribution is 0.102. The quantitative estimate of drug-likeness (QED) is 0.573. The molecule has 4 aromatic rings. The van der Waals surface area contributed by atoms with Gasteiger partial charge in [-0.15, -0.1) is 0 Å². The van der Waals surface area contributed by atoms with E-state index in [4.69, 9.17) is 9.15 Å². The monoisotopic (exact) mass is 346 g/mol. The maximum Gasteiger partial charge on any atom is 0.349 e. The number of nitrogens with one attached hydrogen (secondary N) is 1. The van der Waals surface area contributed by atoms with Crippen LogP contribution < -0.4 is 15.7 Å². The van der Waals surface area contributed by atoms with E-state index in [9.17, 15) is 9.59 Å². The van der Waals surface area contributed by atoms with Crippen LogP contribution in [-0.2, 0) is 0 Å². The molecule has 0 unspecified atom stereocenters. The van der Waals surface area contributed by atoms with Crippen LogP contribution in [0.15, 0.2) is 70.0 Å². The number of rotatable bonds is 3. The molecule has 0 bridgehead atoms. The molecule has 2 heterocycles. The van der Waals surface area contributed by atoms with Crippen molar-refractivity contribution >= 4 is 33.5 Å². The zero-order valence-corrected chi connectivity index (χ0v) is 13.9. The molecule has 0 fully saturated rings. The van der Waals surface area contributed by atoms with E-state index < -0.39 is 11.5 Å². The maximum absolute atomic E-state index is 12.7. The number of pyridine rings is 1. The van der Waals surface area contributed by atoms with Gasteiger partial charge in [-0.1, -0.05) is 18.2 Å². The smallest absolute Gasteiger partial charge is 0.349 e. The Hall–Kier alpha value is -3.67. The Kier molecular flexibility index (Phi) is 3.85. The Labute approximate surface area is 148 Å². The van der Waals surface area contributed by atoms with Crippen LogP contribution in [0.3, 0.4) is 0 Å². The third kappa shape index (κ3) is 2.67. The van der Waals surface area contributed by atoms with Crippen molar-refractivity contribution in [3.8, 4) is 5.75 Å². The van der Waals surface area contributed by atoms with Crippen molar-refractivity contribution in [1.82, 2.24) is 4.98 Å². The summed E-state index contributed by atoms with van der Waals surface area (Å²) in [5.74, 6) is 0.0589. The fraction of sp³-hybridized carbons (Fsp3) is 0.0500. The molecule has 0 saturated carbocycles. The zero-order chi connectivity index (χ0) is 18.1. The summed E-state index contributed by atoms with van der Waals surface area (Å²) < 4.78 is 10.5. The Morgan fingerprint density at radius 3 is 2.81 bits per heavy atom. The molecule has 128 valence electrons. The van der Waals surface area contributed by atoms with Crippen LogP contribution in [0.5, 0.6) is 5.75 Å². The summed E-state index contributed by atoms with van der Waals surface area (Å²) >= 11 is 0. The number of methoxy groups -OCH3 is 1. The second-order valence-electron chi connectivity index (χ2n) is 5.65. The number of carbonyl (C=O) groups is 1. The van der Waals surface area contributed by atoms with Crippen LogP contribution >= 0.6 is 0 Å². The van der Waals surface area contributed by atoms with Gasteiger partial charge in [0.05, 0.1) is 12.8 Å². The summed E-state index contributed by atoms with van der Waals surface area (Å²) in [6, 6.07) is 15.6.